The van der Waals surface area contributed by atoms with Crippen molar-refractivity contribution in [2.24, 2.45) is 0 Å². The Kier molecular flexibility index (Phi) is 69.3. The topological polar surface area (TPSA) is 152 Å². The number of carbonyl (C=O) groups is 3. The molecule has 0 aliphatic rings. The monoisotopic (exact) mass is 214 g/mol. The van der Waals surface area contributed by atoms with Gasteiger partial charge in [0, 0.05) is 0 Å². The van der Waals surface area contributed by atoms with Crippen LogP contribution in [-0.4, -0.2) is 57.7 Å². The van der Waals surface area contributed by atoms with E-state index in [4.69, 9.17) is 39.9 Å². The smallest absolute Gasteiger partial charge is 0.290 e. The fourth-order valence-electron chi connectivity index (χ4n) is 0. The maximum atomic E-state index is 8.36. The molecule has 8 nitrogen and oxygen atoms in total. The van der Waals surface area contributed by atoms with Gasteiger partial charge in [-0.05, 0) is 6.92 Å². The Hall–Kier alpha value is -1.67. The summed E-state index contributed by atoms with van der Waals surface area (Å²) < 4.78 is 0. The number of hydrogen-bond donors (Lipinski definition) is 5. The van der Waals surface area contributed by atoms with Gasteiger partial charge in [0.2, 0.25) is 0 Å². The average Bonchev–Trinajstić information content (AvgIpc) is 2.08. The van der Waals surface area contributed by atoms with E-state index >= 15 is 0 Å². The van der Waals surface area contributed by atoms with Crippen LogP contribution < -0.4 is 0 Å². The van der Waals surface area contributed by atoms with E-state index in [1.54, 1.807) is 0 Å². The lowest BCUT2D eigenvalue weighted by atomic mass is 10.5. The Bertz CT molecular complexity index is 87.7. The molecule has 0 saturated heterocycles. The van der Waals surface area contributed by atoms with Crippen LogP contribution in [0.15, 0.2) is 0 Å². The first-order valence-electron chi connectivity index (χ1n) is 3.04. The number of hydrogen-bond acceptors (Lipinski definition) is 5. The highest BCUT2D eigenvalue weighted by Gasteiger charge is 1.83. The van der Waals surface area contributed by atoms with Gasteiger partial charge in [-0.3, -0.25) is 14.4 Å². The fraction of sp³-hybridized carbons (Fsp3) is 0.500. The Morgan fingerprint density at radius 1 is 1.00 bits per heavy atom. The van der Waals surface area contributed by atoms with Gasteiger partial charge < -0.3 is 25.5 Å². The lowest BCUT2D eigenvalue weighted by molar-refractivity contribution is -0.123. The van der Waals surface area contributed by atoms with Crippen LogP contribution in [0.1, 0.15) is 6.92 Å². The highest BCUT2D eigenvalue weighted by Crippen LogP contribution is 1.68. The van der Waals surface area contributed by atoms with Crippen LogP contribution in [0.25, 0.3) is 0 Å². The number of aliphatic hydroxyl groups excluding tert-OH is 2. The first kappa shape index (κ1) is 22.8. The lowest BCUT2D eigenvalue weighted by Gasteiger charge is -1.90. The van der Waals surface area contributed by atoms with Gasteiger partial charge in [0.25, 0.3) is 19.4 Å². The molecule has 0 aliphatic carbocycles. The zero-order valence-corrected chi connectivity index (χ0v) is 7.48. The Morgan fingerprint density at radius 2 is 1.07 bits per heavy atom. The summed E-state index contributed by atoms with van der Waals surface area (Å²) >= 11 is 0. The molecule has 0 aromatic heterocycles. The predicted octanol–water partition coefficient (Wildman–Crippen LogP) is -1.54. The zero-order valence-electron chi connectivity index (χ0n) is 7.48. The molecule has 0 heterocycles. The number of carboxylic acid groups (broad SMARTS) is 3. The van der Waals surface area contributed by atoms with Crippen molar-refractivity contribution in [1.29, 1.82) is 0 Å². The van der Waals surface area contributed by atoms with Crippen LogP contribution in [-0.2, 0) is 14.4 Å². The first-order chi connectivity index (χ1) is 6.51. The van der Waals surface area contributed by atoms with Crippen LogP contribution >= 0.6 is 0 Å². The zero-order chi connectivity index (χ0) is 12.4. The quantitative estimate of drug-likeness (QED) is 0.329. The van der Waals surface area contributed by atoms with Crippen molar-refractivity contribution in [3.8, 4) is 0 Å². The van der Waals surface area contributed by atoms with Gasteiger partial charge >= 0.3 is 0 Å². The molecule has 0 radical (unpaired) electrons. The van der Waals surface area contributed by atoms with Crippen LogP contribution in [0.3, 0.4) is 0 Å². The minimum Gasteiger partial charge on any atom is -0.483 e. The third-order valence-electron chi connectivity index (χ3n) is 0.264. The van der Waals surface area contributed by atoms with E-state index in [0.29, 0.717) is 0 Å². The third-order valence-corrected chi connectivity index (χ3v) is 0.264. The van der Waals surface area contributed by atoms with E-state index in [-0.39, 0.29) is 26.0 Å². The molecule has 0 bridgehead atoms. The Labute approximate surface area is 80.0 Å². The van der Waals surface area contributed by atoms with E-state index in [2.05, 4.69) is 0 Å². The highest BCUT2D eigenvalue weighted by molar-refractivity contribution is 5.33. The summed E-state index contributed by atoms with van der Waals surface area (Å²) in [6, 6.07) is 0. The molecular formula is C6H14O8. The van der Waals surface area contributed by atoms with Gasteiger partial charge in [0.1, 0.15) is 0 Å². The largest absolute Gasteiger partial charge is 0.483 e. The van der Waals surface area contributed by atoms with Crippen molar-refractivity contribution in [2.45, 2.75) is 13.0 Å². The highest BCUT2D eigenvalue weighted by atomic mass is 16.4. The Balaban J connectivity index is -0.0000000495. The summed E-state index contributed by atoms with van der Waals surface area (Å²) in [5.74, 6) is 0. The summed E-state index contributed by atoms with van der Waals surface area (Å²) in [5, 5.41) is 36.7. The van der Waals surface area contributed by atoms with Crippen molar-refractivity contribution in [2.75, 3.05) is 6.61 Å². The standard InChI is InChI=1S/C3H8O2.3CH2O2/c1-3(5)2-4;3*2-1-3/h3-5H,2H2,1H3;3*1H,(H,2,3). The van der Waals surface area contributed by atoms with Crippen LogP contribution in [0.4, 0.5) is 0 Å². The summed E-state index contributed by atoms with van der Waals surface area (Å²) in [4.78, 5) is 25.1. The predicted molar refractivity (Wildman–Crippen MR) is 44.8 cm³/mol. The van der Waals surface area contributed by atoms with Crippen LogP contribution in [0.5, 0.6) is 0 Å². The molecular weight excluding hydrogens is 200 g/mol. The molecule has 5 N–H and O–H groups in total. The molecule has 14 heavy (non-hydrogen) atoms. The molecule has 1 atom stereocenters. The minimum atomic E-state index is -0.560. The number of aliphatic hydroxyl groups is 2. The second-order valence-electron chi connectivity index (χ2n) is 1.35. The SMILES string of the molecule is CC(O)CO.O=CO.O=CO.O=CO. The summed E-state index contributed by atoms with van der Waals surface area (Å²) in [5.41, 5.74) is 0. The molecule has 0 aromatic carbocycles. The fourth-order valence-corrected chi connectivity index (χ4v) is 0. The van der Waals surface area contributed by atoms with Crippen molar-refractivity contribution in [3.05, 3.63) is 0 Å². The molecule has 0 saturated carbocycles. The molecule has 1 unspecified atom stereocenters. The van der Waals surface area contributed by atoms with Gasteiger partial charge in [-0.25, -0.2) is 0 Å². The van der Waals surface area contributed by atoms with Gasteiger partial charge in [-0.2, -0.15) is 0 Å². The van der Waals surface area contributed by atoms with Crippen molar-refractivity contribution >= 4 is 19.4 Å². The van der Waals surface area contributed by atoms with E-state index in [9.17, 15) is 0 Å². The average molecular weight is 214 g/mol. The number of rotatable bonds is 1. The molecule has 0 aromatic rings. The third kappa shape index (κ3) is 8260. The minimum absolute atomic E-state index is 0.139. The summed E-state index contributed by atoms with van der Waals surface area (Å²) in [7, 11) is 0. The second-order valence-corrected chi connectivity index (χ2v) is 1.35. The van der Waals surface area contributed by atoms with E-state index < -0.39 is 6.10 Å². The molecule has 0 spiro atoms. The molecule has 0 amide bonds. The van der Waals surface area contributed by atoms with E-state index in [0.717, 1.165) is 0 Å². The lowest BCUT2D eigenvalue weighted by Crippen LogP contribution is -2.03. The van der Waals surface area contributed by atoms with E-state index in [1.807, 2.05) is 0 Å². The second kappa shape index (κ2) is 42.6. The maximum Gasteiger partial charge on any atom is 0.290 e. The van der Waals surface area contributed by atoms with Crippen molar-refractivity contribution in [3.63, 3.8) is 0 Å². The maximum absolute atomic E-state index is 8.36. The normalized spacial score (nSPS) is 7.93. The summed E-state index contributed by atoms with van der Waals surface area (Å²) in [6.07, 6.45) is -0.560. The van der Waals surface area contributed by atoms with Crippen molar-refractivity contribution < 1.29 is 39.9 Å². The molecule has 0 rings (SSSR count). The van der Waals surface area contributed by atoms with Crippen LogP contribution in [0.2, 0.25) is 0 Å². The van der Waals surface area contributed by atoms with Gasteiger partial charge in [-0.15, -0.1) is 0 Å². The molecule has 8 heteroatoms. The molecule has 0 aliphatic heterocycles. The molecule has 86 valence electrons. The van der Waals surface area contributed by atoms with Gasteiger partial charge in [-0.1, -0.05) is 0 Å². The first-order valence-corrected chi connectivity index (χ1v) is 3.04. The van der Waals surface area contributed by atoms with Crippen molar-refractivity contribution in [1.82, 2.24) is 0 Å². The van der Waals surface area contributed by atoms with E-state index in [1.165, 1.54) is 6.92 Å². The van der Waals surface area contributed by atoms with Crippen LogP contribution in [0, 0.1) is 0 Å². The van der Waals surface area contributed by atoms with Gasteiger partial charge in [0.05, 0.1) is 12.7 Å². The Morgan fingerprint density at radius 3 is 1.07 bits per heavy atom. The molecule has 0 fully saturated rings. The van der Waals surface area contributed by atoms with Gasteiger partial charge in [0.15, 0.2) is 0 Å². The summed E-state index contributed by atoms with van der Waals surface area (Å²) in [6.45, 7) is 0.639.